The number of carbonyl (C=O) groups excluding carboxylic acids is 2. The number of nitrogens with zero attached hydrogens (tertiary/aromatic N) is 2. The minimum absolute atomic E-state index is 0.0737. The van der Waals surface area contributed by atoms with Crippen molar-refractivity contribution in [1.82, 2.24) is 10.2 Å². The summed E-state index contributed by atoms with van der Waals surface area (Å²) in [6, 6.07) is 20.9. The molecule has 196 valence electrons. The van der Waals surface area contributed by atoms with Gasteiger partial charge < -0.3 is 10.2 Å². The van der Waals surface area contributed by atoms with Gasteiger partial charge in [-0.2, -0.15) is 0 Å². The number of aryl methyl sites for hydroxylation is 1. The molecular formula is C28H32ClN3O4S. The van der Waals surface area contributed by atoms with E-state index in [1.54, 1.807) is 73.7 Å². The number of amides is 2. The average Bonchev–Trinajstić information content (AvgIpc) is 2.86. The third kappa shape index (κ3) is 7.33. The summed E-state index contributed by atoms with van der Waals surface area (Å²) < 4.78 is 28.5. The number of rotatable bonds is 10. The Hall–Kier alpha value is -3.36. The van der Waals surface area contributed by atoms with Gasteiger partial charge in [-0.15, -0.1) is 0 Å². The first-order valence-corrected chi connectivity index (χ1v) is 13.8. The molecule has 0 saturated heterocycles. The van der Waals surface area contributed by atoms with Gasteiger partial charge in [-0.1, -0.05) is 59.6 Å². The van der Waals surface area contributed by atoms with Crippen molar-refractivity contribution in [3.63, 3.8) is 0 Å². The first-order valence-electron chi connectivity index (χ1n) is 12.0. The molecule has 7 nitrogen and oxygen atoms in total. The lowest BCUT2D eigenvalue weighted by Crippen LogP contribution is -2.52. The quantitative estimate of drug-likeness (QED) is 0.400. The van der Waals surface area contributed by atoms with E-state index in [4.69, 9.17) is 11.6 Å². The highest BCUT2D eigenvalue weighted by Gasteiger charge is 2.32. The molecule has 1 atom stereocenters. The van der Waals surface area contributed by atoms with Crippen LogP contribution < -0.4 is 9.62 Å². The lowest BCUT2D eigenvalue weighted by atomic mass is 10.1. The highest BCUT2D eigenvalue weighted by atomic mass is 35.5. The third-order valence-electron chi connectivity index (χ3n) is 5.80. The van der Waals surface area contributed by atoms with Crippen LogP contribution in [0.4, 0.5) is 5.69 Å². The Kier molecular flexibility index (Phi) is 9.34. The molecular weight excluding hydrogens is 510 g/mol. The second kappa shape index (κ2) is 12.3. The molecule has 0 unspecified atom stereocenters. The van der Waals surface area contributed by atoms with Gasteiger partial charge in [0.15, 0.2) is 0 Å². The molecule has 0 aliphatic rings. The maximum atomic E-state index is 13.8. The summed E-state index contributed by atoms with van der Waals surface area (Å²) in [6.07, 6.45) is 0. The molecule has 0 spiro atoms. The second-order valence-electron chi connectivity index (χ2n) is 9.15. The Bertz CT molecular complexity index is 1310. The number of halogens is 1. The molecule has 3 aromatic rings. The van der Waals surface area contributed by atoms with Gasteiger partial charge in [-0.05, 0) is 69.7 Å². The van der Waals surface area contributed by atoms with E-state index in [9.17, 15) is 18.0 Å². The number of carbonyl (C=O) groups is 2. The fourth-order valence-corrected chi connectivity index (χ4v) is 5.27. The van der Waals surface area contributed by atoms with Crippen LogP contribution in [0.25, 0.3) is 0 Å². The van der Waals surface area contributed by atoms with Gasteiger partial charge in [0.1, 0.15) is 12.6 Å². The highest BCUT2D eigenvalue weighted by molar-refractivity contribution is 7.92. The molecule has 3 rings (SSSR count). The van der Waals surface area contributed by atoms with Gasteiger partial charge in [0, 0.05) is 17.6 Å². The van der Waals surface area contributed by atoms with Gasteiger partial charge in [0.05, 0.1) is 10.6 Å². The van der Waals surface area contributed by atoms with Crippen LogP contribution in [-0.4, -0.2) is 43.8 Å². The van der Waals surface area contributed by atoms with Crippen LogP contribution in [0.1, 0.15) is 31.9 Å². The highest BCUT2D eigenvalue weighted by Crippen LogP contribution is 2.25. The Morgan fingerprint density at radius 1 is 0.892 bits per heavy atom. The van der Waals surface area contributed by atoms with E-state index in [1.165, 1.54) is 17.0 Å². The summed E-state index contributed by atoms with van der Waals surface area (Å²) in [6.45, 7) is 6.80. The number of hydrogen-bond donors (Lipinski definition) is 1. The SMILES string of the molecule is Cc1ccc(S(=O)(=O)N(CC(=O)N(Cc2ccc(Cl)cc2)[C@@H](C)C(=O)NC(C)C)c2ccccc2)cc1. The smallest absolute Gasteiger partial charge is 0.264 e. The predicted octanol–water partition coefficient (Wildman–Crippen LogP) is 4.79. The molecule has 0 aromatic heterocycles. The van der Waals surface area contributed by atoms with Crippen LogP contribution in [0.2, 0.25) is 5.02 Å². The number of sulfonamides is 1. The number of para-hydroxylation sites is 1. The third-order valence-corrected chi connectivity index (χ3v) is 7.84. The summed E-state index contributed by atoms with van der Waals surface area (Å²) in [4.78, 5) is 28.1. The molecule has 0 fully saturated rings. The van der Waals surface area contributed by atoms with Crippen molar-refractivity contribution >= 4 is 39.1 Å². The van der Waals surface area contributed by atoms with Gasteiger partial charge in [-0.3, -0.25) is 13.9 Å². The molecule has 0 heterocycles. The van der Waals surface area contributed by atoms with Crippen molar-refractivity contribution in [2.45, 2.75) is 51.2 Å². The van der Waals surface area contributed by atoms with E-state index in [1.807, 2.05) is 20.8 Å². The Morgan fingerprint density at radius 2 is 1.49 bits per heavy atom. The summed E-state index contributed by atoms with van der Waals surface area (Å²) in [7, 11) is -4.08. The molecule has 37 heavy (non-hydrogen) atoms. The Morgan fingerprint density at radius 3 is 2.05 bits per heavy atom. The van der Waals surface area contributed by atoms with E-state index in [-0.39, 0.29) is 23.4 Å². The van der Waals surface area contributed by atoms with Crippen LogP contribution in [-0.2, 0) is 26.2 Å². The van der Waals surface area contributed by atoms with Gasteiger partial charge in [-0.25, -0.2) is 8.42 Å². The second-order valence-corrected chi connectivity index (χ2v) is 11.4. The molecule has 0 radical (unpaired) electrons. The van der Waals surface area contributed by atoms with E-state index in [0.717, 1.165) is 15.4 Å². The van der Waals surface area contributed by atoms with Crippen LogP contribution in [0.15, 0.2) is 83.8 Å². The number of benzene rings is 3. The van der Waals surface area contributed by atoms with E-state index >= 15 is 0 Å². The average molecular weight is 542 g/mol. The minimum atomic E-state index is -4.08. The lowest BCUT2D eigenvalue weighted by Gasteiger charge is -2.32. The van der Waals surface area contributed by atoms with Gasteiger partial charge >= 0.3 is 0 Å². The van der Waals surface area contributed by atoms with Crippen molar-refractivity contribution in [1.29, 1.82) is 0 Å². The molecule has 0 saturated carbocycles. The van der Waals surface area contributed by atoms with Crippen LogP contribution in [0, 0.1) is 6.92 Å². The van der Waals surface area contributed by atoms with Gasteiger partial charge in [0.25, 0.3) is 10.0 Å². The molecule has 0 bridgehead atoms. The zero-order chi connectivity index (χ0) is 27.2. The summed E-state index contributed by atoms with van der Waals surface area (Å²) in [5.41, 5.74) is 2.03. The normalized spacial score (nSPS) is 12.2. The minimum Gasteiger partial charge on any atom is -0.352 e. The summed E-state index contributed by atoms with van der Waals surface area (Å²) in [5.74, 6) is -0.842. The number of hydrogen-bond acceptors (Lipinski definition) is 4. The fraction of sp³-hybridized carbons (Fsp3) is 0.286. The fourth-order valence-electron chi connectivity index (χ4n) is 3.73. The van der Waals surface area contributed by atoms with E-state index in [2.05, 4.69) is 5.32 Å². The largest absolute Gasteiger partial charge is 0.352 e. The van der Waals surface area contributed by atoms with Crippen molar-refractivity contribution in [3.8, 4) is 0 Å². The molecule has 1 N–H and O–H groups in total. The van der Waals surface area contributed by atoms with Crippen LogP contribution in [0.3, 0.4) is 0 Å². The molecule has 3 aromatic carbocycles. The zero-order valence-corrected chi connectivity index (χ0v) is 23.0. The maximum Gasteiger partial charge on any atom is 0.264 e. The van der Waals surface area contributed by atoms with Crippen molar-refractivity contribution in [2.75, 3.05) is 10.8 Å². The Balaban J connectivity index is 1.99. The Labute approximate surface area is 224 Å². The monoisotopic (exact) mass is 541 g/mol. The zero-order valence-electron chi connectivity index (χ0n) is 21.4. The number of nitrogens with one attached hydrogen (secondary N) is 1. The lowest BCUT2D eigenvalue weighted by molar-refractivity contribution is -0.139. The van der Waals surface area contributed by atoms with Crippen molar-refractivity contribution < 1.29 is 18.0 Å². The molecule has 9 heteroatoms. The first kappa shape index (κ1) is 28.2. The van der Waals surface area contributed by atoms with Crippen LogP contribution >= 0.6 is 11.6 Å². The van der Waals surface area contributed by atoms with Crippen LogP contribution in [0.5, 0.6) is 0 Å². The molecule has 0 aliphatic carbocycles. The molecule has 0 aliphatic heterocycles. The van der Waals surface area contributed by atoms with E-state index < -0.39 is 28.5 Å². The molecule has 2 amide bonds. The standard InChI is InChI=1S/C28H32ClN3O4S/c1-20(2)30-28(34)22(4)31(18-23-12-14-24(29)15-13-23)27(33)19-32(25-8-6-5-7-9-25)37(35,36)26-16-10-21(3)11-17-26/h5-17,20,22H,18-19H2,1-4H3,(H,30,34)/t22-/m0/s1. The summed E-state index contributed by atoms with van der Waals surface area (Å²) in [5, 5.41) is 3.38. The van der Waals surface area contributed by atoms with Crippen molar-refractivity contribution in [2.24, 2.45) is 0 Å². The van der Waals surface area contributed by atoms with Gasteiger partial charge in [0.2, 0.25) is 11.8 Å². The predicted molar refractivity (Wildman–Crippen MR) is 147 cm³/mol. The number of anilines is 1. The maximum absolute atomic E-state index is 13.8. The van der Waals surface area contributed by atoms with Crippen molar-refractivity contribution in [3.05, 3.63) is 95.0 Å². The van der Waals surface area contributed by atoms with E-state index in [0.29, 0.717) is 10.7 Å². The summed E-state index contributed by atoms with van der Waals surface area (Å²) >= 11 is 6.02. The first-order chi connectivity index (χ1) is 17.5. The topological polar surface area (TPSA) is 86.8 Å².